The van der Waals surface area contributed by atoms with Gasteiger partial charge in [-0.1, -0.05) is 19.3 Å². The maximum absolute atomic E-state index is 12.2. The van der Waals surface area contributed by atoms with Crippen LogP contribution in [-0.2, 0) is 21.4 Å². The number of aliphatic carboxylic acids is 1. The first kappa shape index (κ1) is 16.2. The Balaban J connectivity index is 1.99. The normalized spacial score (nSPS) is 17.3. The fourth-order valence-electron chi connectivity index (χ4n) is 2.46. The third-order valence-electron chi connectivity index (χ3n) is 3.61. The highest BCUT2D eigenvalue weighted by atomic mass is 32.2. The second-order valence-corrected chi connectivity index (χ2v) is 8.14. The third kappa shape index (κ3) is 4.66. The van der Waals surface area contributed by atoms with Gasteiger partial charge in [0.15, 0.2) is 0 Å². The fourth-order valence-corrected chi connectivity index (χ4v) is 4.90. The topological polar surface area (TPSA) is 83.5 Å². The molecule has 0 saturated heterocycles. The first-order valence-electron chi connectivity index (χ1n) is 6.95. The molecule has 1 aliphatic rings. The second-order valence-electron chi connectivity index (χ2n) is 5.10. The van der Waals surface area contributed by atoms with Crippen LogP contribution in [0.1, 0.15) is 42.5 Å². The molecule has 2 rings (SSSR count). The van der Waals surface area contributed by atoms with Crippen LogP contribution in [0.2, 0.25) is 0 Å². The van der Waals surface area contributed by atoms with E-state index in [1.165, 1.54) is 17.4 Å². The number of hydrogen-bond donors (Lipinski definition) is 2. The Morgan fingerprint density at radius 1 is 1.38 bits per heavy atom. The highest BCUT2D eigenvalue weighted by Gasteiger charge is 2.26. The molecule has 0 atom stereocenters. The molecule has 7 heteroatoms. The molecule has 0 radical (unpaired) electrons. The van der Waals surface area contributed by atoms with Crippen molar-refractivity contribution in [3.05, 3.63) is 28.0 Å². The summed E-state index contributed by atoms with van der Waals surface area (Å²) in [4.78, 5) is 11.4. The van der Waals surface area contributed by atoms with Gasteiger partial charge >= 0.3 is 5.97 Å². The number of carboxylic acid groups (broad SMARTS) is 1. The molecule has 1 aliphatic carbocycles. The first-order valence-corrected chi connectivity index (χ1v) is 9.37. The van der Waals surface area contributed by atoms with Gasteiger partial charge in [0.1, 0.15) is 0 Å². The molecule has 0 unspecified atom stereocenters. The minimum Gasteiger partial charge on any atom is -0.478 e. The monoisotopic (exact) mass is 329 g/mol. The number of carboxylic acids is 1. The second kappa shape index (κ2) is 7.20. The maximum atomic E-state index is 12.2. The summed E-state index contributed by atoms with van der Waals surface area (Å²) >= 11 is 1.42. The average Bonchev–Trinajstić information content (AvgIpc) is 2.91. The quantitative estimate of drug-likeness (QED) is 0.786. The molecule has 5 nitrogen and oxygen atoms in total. The van der Waals surface area contributed by atoms with Crippen molar-refractivity contribution in [2.24, 2.45) is 0 Å². The van der Waals surface area contributed by atoms with E-state index in [4.69, 9.17) is 5.11 Å². The van der Waals surface area contributed by atoms with Gasteiger partial charge in [-0.3, -0.25) is 0 Å². The molecule has 0 amide bonds. The van der Waals surface area contributed by atoms with E-state index in [2.05, 4.69) is 4.72 Å². The molecular formula is C14H19NO4S2. The lowest BCUT2D eigenvalue weighted by Gasteiger charge is -2.21. The van der Waals surface area contributed by atoms with Crippen molar-refractivity contribution in [3.63, 3.8) is 0 Å². The Bertz CT molecular complexity index is 613. The number of rotatable bonds is 6. The van der Waals surface area contributed by atoms with E-state index in [9.17, 15) is 13.2 Å². The van der Waals surface area contributed by atoms with Crippen molar-refractivity contribution in [1.29, 1.82) is 0 Å². The number of sulfonamides is 1. The van der Waals surface area contributed by atoms with Gasteiger partial charge in [0.05, 0.1) is 5.25 Å². The molecule has 1 heterocycles. The molecule has 116 valence electrons. The van der Waals surface area contributed by atoms with Crippen LogP contribution >= 0.6 is 11.3 Å². The summed E-state index contributed by atoms with van der Waals surface area (Å²) in [5.41, 5.74) is 0.744. The molecule has 1 saturated carbocycles. The van der Waals surface area contributed by atoms with Gasteiger partial charge in [0.2, 0.25) is 10.0 Å². The molecule has 0 aromatic carbocycles. The summed E-state index contributed by atoms with van der Waals surface area (Å²) in [6, 6.07) is 1.79. The summed E-state index contributed by atoms with van der Waals surface area (Å²) in [6.45, 7) is 0.218. The van der Waals surface area contributed by atoms with Crippen molar-refractivity contribution in [2.45, 2.75) is 43.9 Å². The van der Waals surface area contributed by atoms with E-state index in [-0.39, 0.29) is 11.8 Å². The summed E-state index contributed by atoms with van der Waals surface area (Å²) in [7, 11) is -3.29. The van der Waals surface area contributed by atoms with Gasteiger partial charge in [-0.2, -0.15) is 0 Å². The lowest BCUT2D eigenvalue weighted by molar-refractivity contribution is -0.131. The minimum absolute atomic E-state index is 0.218. The van der Waals surface area contributed by atoms with Gasteiger partial charge in [-0.05, 0) is 35.9 Å². The summed E-state index contributed by atoms with van der Waals surface area (Å²) in [5.74, 6) is -1.02. The van der Waals surface area contributed by atoms with Gasteiger partial charge in [-0.15, -0.1) is 11.3 Å². The molecule has 1 aromatic heterocycles. The molecule has 0 aliphatic heterocycles. The highest BCUT2D eigenvalue weighted by Crippen LogP contribution is 2.24. The van der Waals surface area contributed by atoms with Crippen molar-refractivity contribution in [1.82, 2.24) is 4.72 Å². The van der Waals surface area contributed by atoms with Gasteiger partial charge in [0.25, 0.3) is 0 Å². The predicted molar refractivity (Wildman–Crippen MR) is 83.6 cm³/mol. The van der Waals surface area contributed by atoms with Crippen molar-refractivity contribution in [3.8, 4) is 0 Å². The van der Waals surface area contributed by atoms with Crippen LogP contribution in [0.25, 0.3) is 6.08 Å². The zero-order chi connectivity index (χ0) is 15.3. The van der Waals surface area contributed by atoms with Crippen molar-refractivity contribution < 1.29 is 18.3 Å². The lowest BCUT2D eigenvalue weighted by atomic mass is 10.0. The third-order valence-corrected chi connectivity index (χ3v) is 6.44. The van der Waals surface area contributed by atoms with Crippen LogP contribution in [0.15, 0.2) is 17.5 Å². The van der Waals surface area contributed by atoms with E-state index >= 15 is 0 Å². The molecular weight excluding hydrogens is 310 g/mol. The largest absolute Gasteiger partial charge is 0.478 e. The Morgan fingerprint density at radius 2 is 2.10 bits per heavy atom. The van der Waals surface area contributed by atoms with Crippen molar-refractivity contribution >= 4 is 33.4 Å². The van der Waals surface area contributed by atoms with Crippen LogP contribution < -0.4 is 4.72 Å². The molecule has 0 spiro atoms. The number of carbonyl (C=O) groups is 1. The van der Waals surface area contributed by atoms with E-state index in [1.54, 1.807) is 6.07 Å². The van der Waals surface area contributed by atoms with E-state index < -0.39 is 16.0 Å². The fraction of sp³-hybridized carbons (Fsp3) is 0.500. The maximum Gasteiger partial charge on any atom is 0.328 e. The molecule has 1 aromatic rings. The zero-order valence-corrected chi connectivity index (χ0v) is 13.3. The summed E-state index contributed by atoms with van der Waals surface area (Å²) in [6.07, 6.45) is 7.05. The van der Waals surface area contributed by atoms with E-state index in [0.29, 0.717) is 0 Å². The van der Waals surface area contributed by atoms with Crippen LogP contribution in [0.3, 0.4) is 0 Å². The van der Waals surface area contributed by atoms with Gasteiger partial charge in [0, 0.05) is 17.5 Å². The number of nitrogens with one attached hydrogen (secondary N) is 1. The Labute approximate surface area is 128 Å². The first-order chi connectivity index (χ1) is 9.99. The van der Waals surface area contributed by atoms with Crippen LogP contribution in [0.5, 0.6) is 0 Å². The number of hydrogen-bond acceptors (Lipinski definition) is 4. The van der Waals surface area contributed by atoms with Crippen molar-refractivity contribution in [2.75, 3.05) is 0 Å². The van der Waals surface area contributed by atoms with Gasteiger partial charge < -0.3 is 5.11 Å². The summed E-state index contributed by atoms with van der Waals surface area (Å²) in [5, 5.41) is 10.2. The van der Waals surface area contributed by atoms with E-state index in [1.807, 2.05) is 5.38 Å². The molecule has 0 bridgehead atoms. The average molecular weight is 329 g/mol. The smallest absolute Gasteiger partial charge is 0.328 e. The Morgan fingerprint density at radius 3 is 2.76 bits per heavy atom. The zero-order valence-electron chi connectivity index (χ0n) is 11.6. The predicted octanol–water partition coefficient (Wildman–Crippen LogP) is 2.60. The van der Waals surface area contributed by atoms with Gasteiger partial charge in [-0.25, -0.2) is 17.9 Å². The standard InChI is InChI=1S/C14H19NO4S2/c16-14(17)7-6-11-8-9-20-13(11)10-15-21(18,19)12-4-2-1-3-5-12/h6-9,12,15H,1-5,10H2,(H,16,17)/b7-6+. The summed E-state index contributed by atoms with van der Waals surface area (Å²) < 4.78 is 27.1. The Hall–Kier alpha value is -1.18. The molecule has 1 fully saturated rings. The SMILES string of the molecule is O=C(O)/C=C/c1ccsc1CNS(=O)(=O)C1CCCCC1. The lowest BCUT2D eigenvalue weighted by Crippen LogP contribution is -2.35. The molecule has 21 heavy (non-hydrogen) atoms. The molecule has 2 N–H and O–H groups in total. The Kier molecular flexibility index (Phi) is 5.55. The van der Waals surface area contributed by atoms with Crippen LogP contribution in [-0.4, -0.2) is 24.7 Å². The van der Waals surface area contributed by atoms with Crippen LogP contribution in [0, 0.1) is 0 Å². The minimum atomic E-state index is -3.29. The van der Waals surface area contributed by atoms with Crippen LogP contribution in [0.4, 0.5) is 0 Å². The number of thiophene rings is 1. The van der Waals surface area contributed by atoms with E-state index in [0.717, 1.165) is 48.6 Å². The highest BCUT2D eigenvalue weighted by molar-refractivity contribution is 7.90.